The number of hydrogen-bond donors (Lipinski definition) is 0. The highest BCUT2D eigenvalue weighted by Crippen LogP contribution is 2.41. The van der Waals surface area contributed by atoms with Crippen molar-refractivity contribution in [2.75, 3.05) is 0 Å². The highest BCUT2D eigenvalue weighted by Gasteiger charge is 2.44. The summed E-state index contributed by atoms with van der Waals surface area (Å²) in [5.41, 5.74) is -0.827. The van der Waals surface area contributed by atoms with Gasteiger partial charge in [0.15, 0.2) is 6.10 Å². The van der Waals surface area contributed by atoms with Crippen molar-refractivity contribution in [2.45, 2.75) is 65.1 Å². The zero-order chi connectivity index (χ0) is 18.7. The first-order valence-corrected chi connectivity index (χ1v) is 8.71. The number of ketones is 1. The lowest BCUT2D eigenvalue weighted by Crippen LogP contribution is -2.38. The molecule has 0 aliphatic heterocycles. The van der Waals surface area contributed by atoms with Gasteiger partial charge in [0.05, 0.1) is 11.8 Å². The van der Waals surface area contributed by atoms with Crippen LogP contribution >= 0.6 is 0 Å². The largest absolute Gasteiger partial charge is 0.451 e. The van der Waals surface area contributed by atoms with Gasteiger partial charge in [-0.25, -0.2) is 4.79 Å². The summed E-state index contributed by atoms with van der Waals surface area (Å²) in [5.74, 6) is -0.997. The van der Waals surface area contributed by atoms with E-state index in [1.54, 1.807) is 13.8 Å². The fourth-order valence-corrected chi connectivity index (χ4v) is 2.76. The molecular weight excluding hydrogens is 320 g/mol. The summed E-state index contributed by atoms with van der Waals surface area (Å²) >= 11 is 0. The zero-order valence-electron chi connectivity index (χ0n) is 15.3. The minimum absolute atomic E-state index is 0.0633. The minimum atomic E-state index is -1.02. The molecule has 0 amide bonds. The summed E-state index contributed by atoms with van der Waals surface area (Å²) in [6.07, 6.45) is 0.566. The molecule has 1 saturated carbocycles. The normalized spacial score (nSPS) is 21.7. The Bertz CT molecular complexity index is 649. The van der Waals surface area contributed by atoms with Gasteiger partial charge in [0, 0.05) is 6.42 Å². The first-order valence-electron chi connectivity index (χ1n) is 8.71. The molecule has 2 atom stereocenters. The van der Waals surface area contributed by atoms with Crippen LogP contribution in [0.25, 0.3) is 0 Å². The first-order chi connectivity index (χ1) is 11.7. The van der Waals surface area contributed by atoms with Crippen LogP contribution in [0.5, 0.6) is 0 Å². The molecule has 1 aliphatic carbocycles. The lowest BCUT2D eigenvalue weighted by molar-refractivity contribution is -0.182. The van der Waals surface area contributed by atoms with Crippen molar-refractivity contribution in [2.24, 2.45) is 5.41 Å². The Labute approximate surface area is 148 Å². The smallest absolute Gasteiger partial charge is 0.348 e. The fourth-order valence-electron chi connectivity index (χ4n) is 2.76. The quantitative estimate of drug-likeness (QED) is 0.737. The number of ether oxygens (including phenoxy) is 2. The minimum Gasteiger partial charge on any atom is -0.451 e. The molecule has 25 heavy (non-hydrogen) atoms. The predicted octanol–water partition coefficient (Wildman–Crippen LogP) is 3.55. The SMILES string of the molecule is CCC(C)(C)C(=O)OC(C)C(=O)OC1(c2ccccc2)CCC(=O)C1. The second-order valence-corrected chi connectivity index (χ2v) is 7.28. The zero-order valence-corrected chi connectivity index (χ0v) is 15.3. The van der Waals surface area contributed by atoms with Crippen molar-refractivity contribution >= 4 is 17.7 Å². The molecule has 2 unspecified atom stereocenters. The van der Waals surface area contributed by atoms with Crippen molar-refractivity contribution in [3.05, 3.63) is 35.9 Å². The third-order valence-electron chi connectivity index (χ3n) is 4.94. The van der Waals surface area contributed by atoms with Gasteiger partial charge in [-0.1, -0.05) is 37.3 Å². The molecular formula is C20H26O5. The van der Waals surface area contributed by atoms with Crippen molar-refractivity contribution < 1.29 is 23.9 Å². The molecule has 0 heterocycles. The first kappa shape index (κ1) is 19.2. The van der Waals surface area contributed by atoms with Crippen LogP contribution in [-0.4, -0.2) is 23.8 Å². The average molecular weight is 346 g/mol. The highest BCUT2D eigenvalue weighted by atomic mass is 16.6. The standard InChI is InChI=1S/C20H26O5/c1-5-19(3,4)18(23)24-14(2)17(22)25-20(12-11-16(21)13-20)15-9-7-6-8-10-15/h6-10,14H,5,11-13H2,1-4H3. The van der Waals surface area contributed by atoms with E-state index in [1.165, 1.54) is 6.92 Å². The van der Waals surface area contributed by atoms with Crippen LogP contribution in [0.3, 0.4) is 0 Å². The van der Waals surface area contributed by atoms with Crippen LogP contribution in [-0.2, 0) is 29.5 Å². The Kier molecular flexibility index (Phi) is 5.65. The molecule has 5 heteroatoms. The maximum Gasteiger partial charge on any atom is 0.348 e. The van der Waals surface area contributed by atoms with Gasteiger partial charge in [0.1, 0.15) is 11.4 Å². The van der Waals surface area contributed by atoms with Crippen molar-refractivity contribution in [3.8, 4) is 0 Å². The van der Waals surface area contributed by atoms with Crippen LogP contribution in [0.4, 0.5) is 0 Å². The molecule has 1 fully saturated rings. The second-order valence-electron chi connectivity index (χ2n) is 7.28. The molecule has 1 aromatic rings. The molecule has 0 saturated heterocycles. The summed E-state index contributed by atoms with van der Waals surface area (Å²) in [6.45, 7) is 6.93. The molecule has 0 spiro atoms. The number of Topliss-reactive ketones (excluding diaryl/α,β-unsaturated/α-hetero) is 1. The van der Waals surface area contributed by atoms with E-state index in [1.807, 2.05) is 37.3 Å². The van der Waals surface area contributed by atoms with E-state index in [-0.39, 0.29) is 12.2 Å². The number of carbonyl (C=O) groups excluding carboxylic acids is 3. The van der Waals surface area contributed by atoms with E-state index in [4.69, 9.17) is 9.47 Å². The molecule has 1 aromatic carbocycles. The van der Waals surface area contributed by atoms with E-state index >= 15 is 0 Å². The molecule has 5 nitrogen and oxygen atoms in total. The summed E-state index contributed by atoms with van der Waals surface area (Å²) in [6, 6.07) is 9.26. The summed E-state index contributed by atoms with van der Waals surface area (Å²) < 4.78 is 11.0. The van der Waals surface area contributed by atoms with Crippen LogP contribution in [0, 0.1) is 5.41 Å². The van der Waals surface area contributed by atoms with E-state index in [0.29, 0.717) is 19.3 Å². The molecule has 136 valence electrons. The fraction of sp³-hybridized carbons (Fsp3) is 0.550. The van der Waals surface area contributed by atoms with Gasteiger partial charge in [-0.15, -0.1) is 0 Å². The summed E-state index contributed by atoms with van der Waals surface area (Å²) in [4.78, 5) is 36.5. The number of benzene rings is 1. The Hall–Kier alpha value is -2.17. The summed E-state index contributed by atoms with van der Waals surface area (Å²) in [7, 11) is 0. The van der Waals surface area contributed by atoms with Crippen molar-refractivity contribution in [1.82, 2.24) is 0 Å². The number of carbonyl (C=O) groups is 3. The molecule has 0 bridgehead atoms. The predicted molar refractivity (Wildman–Crippen MR) is 92.7 cm³/mol. The maximum atomic E-state index is 12.5. The lowest BCUT2D eigenvalue weighted by Gasteiger charge is -2.30. The van der Waals surface area contributed by atoms with E-state index in [2.05, 4.69) is 0 Å². The lowest BCUT2D eigenvalue weighted by atomic mass is 9.90. The monoisotopic (exact) mass is 346 g/mol. The Morgan fingerprint density at radius 2 is 1.88 bits per heavy atom. The second kappa shape index (κ2) is 7.38. The molecule has 1 aliphatic rings. The Morgan fingerprint density at radius 3 is 2.40 bits per heavy atom. The Morgan fingerprint density at radius 1 is 1.24 bits per heavy atom. The van der Waals surface area contributed by atoms with Crippen LogP contribution in [0.1, 0.15) is 58.9 Å². The molecule has 2 rings (SSSR count). The average Bonchev–Trinajstić information content (AvgIpc) is 2.97. The van der Waals surface area contributed by atoms with Gasteiger partial charge in [-0.05, 0) is 39.2 Å². The highest BCUT2D eigenvalue weighted by molar-refractivity contribution is 5.85. The number of hydrogen-bond acceptors (Lipinski definition) is 5. The molecule has 0 radical (unpaired) electrons. The van der Waals surface area contributed by atoms with Gasteiger partial charge in [-0.2, -0.15) is 0 Å². The van der Waals surface area contributed by atoms with Crippen molar-refractivity contribution in [1.29, 1.82) is 0 Å². The Balaban J connectivity index is 2.13. The van der Waals surface area contributed by atoms with Gasteiger partial charge in [0.25, 0.3) is 0 Å². The van der Waals surface area contributed by atoms with Crippen molar-refractivity contribution in [3.63, 3.8) is 0 Å². The van der Waals surface area contributed by atoms with E-state index < -0.39 is 29.1 Å². The summed E-state index contributed by atoms with van der Waals surface area (Å²) in [5, 5.41) is 0. The molecule has 0 N–H and O–H groups in total. The van der Waals surface area contributed by atoms with Gasteiger partial charge in [0.2, 0.25) is 0 Å². The van der Waals surface area contributed by atoms with Crippen LogP contribution in [0.15, 0.2) is 30.3 Å². The van der Waals surface area contributed by atoms with E-state index in [0.717, 1.165) is 5.56 Å². The molecule has 0 aromatic heterocycles. The van der Waals surface area contributed by atoms with Gasteiger partial charge in [-0.3, -0.25) is 9.59 Å². The van der Waals surface area contributed by atoms with Gasteiger partial charge < -0.3 is 9.47 Å². The van der Waals surface area contributed by atoms with E-state index in [9.17, 15) is 14.4 Å². The third-order valence-corrected chi connectivity index (χ3v) is 4.94. The van der Waals surface area contributed by atoms with Crippen LogP contribution < -0.4 is 0 Å². The van der Waals surface area contributed by atoms with Gasteiger partial charge >= 0.3 is 11.9 Å². The number of esters is 2. The third kappa shape index (κ3) is 4.27. The topological polar surface area (TPSA) is 69.7 Å². The van der Waals surface area contributed by atoms with Crippen LogP contribution in [0.2, 0.25) is 0 Å². The maximum absolute atomic E-state index is 12.5. The number of rotatable bonds is 6.